The number of hydroxylamine groups is 2. The van der Waals surface area contributed by atoms with Crippen LogP contribution in [0.4, 0.5) is 0 Å². The average molecular weight is 234 g/mol. The minimum Gasteiger partial charge on any atom is -0.327 e. The van der Waals surface area contributed by atoms with Crippen LogP contribution in [0.25, 0.3) is 0 Å². The van der Waals surface area contributed by atoms with Gasteiger partial charge in [0.05, 0.1) is 19.1 Å². The molecule has 0 saturated heterocycles. The van der Waals surface area contributed by atoms with Gasteiger partial charge < -0.3 is 9.42 Å². The first-order valence-electron chi connectivity index (χ1n) is 4.94. The van der Waals surface area contributed by atoms with Crippen LogP contribution >= 0.6 is 8.60 Å². The minimum atomic E-state index is -1.92. The molecule has 0 spiro atoms. The fourth-order valence-corrected chi connectivity index (χ4v) is 1.89. The zero-order chi connectivity index (χ0) is 11.8. The van der Waals surface area contributed by atoms with Gasteiger partial charge in [0.15, 0.2) is 0 Å². The van der Waals surface area contributed by atoms with Crippen molar-refractivity contribution in [1.82, 2.24) is 5.06 Å². The molecule has 88 valence electrons. The van der Waals surface area contributed by atoms with Crippen molar-refractivity contribution in [3.05, 3.63) is 0 Å². The topological polar surface area (TPSA) is 65.7 Å². The lowest BCUT2D eigenvalue weighted by Crippen LogP contribution is -2.35. The quantitative estimate of drug-likeness (QED) is 0.415. The van der Waals surface area contributed by atoms with Crippen LogP contribution in [0.15, 0.2) is 0 Å². The van der Waals surface area contributed by atoms with Gasteiger partial charge in [0.2, 0.25) is 0 Å². The maximum Gasteiger partial charge on any atom is 0.348 e. The van der Waals surface area contributed by atoms with Crippen LogP contribution in [0.5, 0.6) is 0 Å². The van der Waals surface area contributed by atoms with Gasteiger partial charge in [-0.15, -0.1) is 0 Å². The number of nitrogens with zero attached hydrogens (tertiary/aromatic N) is 2. The Labute approximate surface area is 92.5 Å². The Balaban J connectivity index is 3.90. The second kappa shape index (κ2) is 7.98. The van der Waals surface area contributed by atoms with E-state index in [1.165, 1.54) is 0 Å². The maximum absolute atomic E-state index is 9.41. The SMILES string of the molecule is CC(C)N(OP(O)OCCC#N)C(C)C. The summed E-state index contributed by atoms with van der Waals surface area (Å²) in [5.41, 5.74) is 0. The summed E-state index contributed by atoms with van der Waals surface area (Å²) >= 11 is 0. The first-order valence-corrected chi connectivity index (χ1v) is 6.07. The van der Waals surface area contributed by atoms with Gasteiger partial charge in [-0.05, 0) is 27.7 Å². The first kappa shape index (κ1) is 14.8. The molecule has 5 nitrogen and oxygen atoms in total. The number of hydrogen-bond acceptors (Lipinski definition) is 5. The first-order chi connectivity index (χ1) is 6.99. The van der Waals surface area contributed by atoms with E-state index in [1.54, 1.807) is 5.06 Å². The zero-order valence-corrected chi connectivity index (χ0v) is 10.6. The lowest BCUT2D eigenvalue weighted by atomic mass is 10.3. The second-order valence-corrected chi connectivity index (χ2v) is 4.51. The molecular formula is C9H19N2O3P. The molecule has 0 aromatic carbocycles. The summed E-state index contributed by atoms with van der Waals surface area (Å²) in [5, 5.41) is 9.96. The molecule has 0 aliphatic rings. The normalized spacial score (nSPS) is 13.5. The van der Waals surface area contributed by atoms with Crippen molar-refractivity contribution in [3.8, 4) is 6.07 Å². The van der Waals surface area contributed by atoms with Crippen molar-refractivity contribution in [2.45, 2.75) is 46.2 Å². The second-order valence-electron chi connectivity index (χ2n) is 3.61. The third-order valence-corrected chi connectivity index (χ3v) is 2.33. The molecule has 0 aliphatic carbocycles. The van der Waals surface area contributed by atoms with E-state index in [1.807, 2.05) is 33.8 Å². The predicted molar refractivity (Wildman–Crippen MR) is 58.5 cm³/mol. The fourth-order valence-electron chi connectivity index (χ4n) is 1.06. The van der Waals surface area contributed by atoms with Crippen molar-refractivity contribution in [2.24, 2.45) is 0 Å². The van der Waals surface area contributed by atoms with E-state index < -0.39 is 8.60 Å². The van der Waals surface area contributed by atoms with Gasteiger partial charge in [0.1, 0.15) is 0 Å². The minimum absolute atomic E-state index is 0.168. The van der Waals surface area contributed by atoms with Crippen molar-refractivity contribution in [1.29, 1.82) is 5.26 Å². The molecule has 1 atom stereocenters. The third-order valence-electron chi connectivity index (χ3n) is 1.60. The average Bonchev–Trinajstić information content (AvgIpc) is 2.13. The Morgan fingerprint density at radius 1 is 1.33 bits per heavy atom. The van der Waals surface area contributed by atoms with Crippen molar-refractivity contribution < 1.29 is 14.0 Å². The molecule has 0 aromatic rings. The molecule has 0 fully saturated rings. The predicted octanol–water partition coefficient (Wildman–Crippen LogP) is 2.19. The van der Waals surface area contributed by atoms with Gasteiger partial charge in [-0.1, -0.05) is 0 Å². The van der Waals surface area contributed by atoms with Crippen molar-refractivity contribution in [2.75, 3.05) is 6.61 Å². The summed E-state index contributed by atoms with van der Waals surface area (Å²) in [6.45, 7) is 8.08. The van der Waals surface area contributed by atoms with Crippen LogP contribution in [0.2, 0.25) is 0 Å². The third kappa shape index (κ3) is 6.77. The van der Waals surface area contributed by atoms with E-state index in [0.29, 0.717) is 0 Å². The Hall–Kier alpha value is -0.240. The highest BCUT2D eigenvalue weighted by Crippen LogP contribution is 2.35. The fraction of sp³-hybridized carbons (Fsp3) is 0.889. The van der Waals surface area contributed by atoms with E-state index in [4.69, 9.17) is 14.4 Å². The molecule has 15 heavy (non-hydrogen) atoms. The van der Waals surface area contributed by atoms with E-state index in [0.717, 1.165) is 0 Å². The van der Waals surface area contributed by atoms with Crippen molar-refractivity contribution in [3.63, 3.8) is 0 Å². The highest BCUT2D eigenvalue weighted by molar-refractivity contribution is 7.40. The Bertz CT molecular complexity index is 198. The summed E-state index contributed by atoms with van der Waals surface area (Å²) in [7, 11) is -1.92. The molecule has 0 radical (unpaired) electrons. The summed E-state index contributed by atoms with van der Waals surface area (Å²) in [5.74, 6) is 0. The summed E-state index contributed by atoms with van der Waals surface area (Å²) < 4.78 is 10.2. The van der Waals surface area contributed by atoms with Gasteiger partial charge >= 0.3 is 8.60 Å². The van der Waals surface area contributed by atoms with Crippen LogP contribution in [0.3, 0.4) is 0 Å². The highest BCUT2D eigenvalue weighted by Gasteiger charge is 2.19. The highest BCUT2D eigenvalue weighted by atomic mass is 31.2. The molecule has 0 heterocycles. The summed E-state index contributed by atoms with van der Waals surface area (Å²) in [6.07, 6.45) is 0.256. The van der Waals surface area contributed by atoms with E-state index in [2.05, 4.69) is 0 Å². The Kier molecular flexibility index (Phi) is 7.85. The van der Waals surface area contributed by atoms with Crippen LogP contribution in [-0.4, -0.2) is 28.6 Å². The van der Waals surface area contributed by atoms with E-state index in [9.17, 15) is 4.89 Å². The molecule has 0 bridgehead atoms. The van der Waals surface area contributed by atoms with Gasteiger partial charge in [-0.3, -0.25) is 0 Å². The molecule has 0 rings (SSSR count). The van der Waals surface area contributed by atoms with Gasteiger partial charge in [-0.2, -0.15) is 10.3 Å². The molecular weight excluding hydrogens is 215 g/mol. The van der Waals surface area contributed by atoms with Gasteiger partial charge in [-0.25, -0.2) is 4.62 Å². The smallest absolute Gasteiger partial charge is 0.327 e. The summed E-state index contributed by atoms with van der Waals surface area (Å²) in [6, 6.07) is 2.26. The zero-order valence-electron chi connectivity index (χ0n) is 9.67. The Morgan fingerprint density at radius 2 is 1.87 bits per heavy atom. The molecule has 6 heteroatoms. The number of nitriles is 1. The number of rotatable bonds is 7. The monoisotopic (exact) mass is 234 g/mol. The van der Waals surface area contributed by atoms with Crippen LogP contribution < -0.4 is 0 Å². The number of hydrogen-bond donors (Lipinski definition) is 1. The van der Waals surface area contributed by atoms with Gasteiger partial charge in [0.25, 0.3) is 0 Å². The molecule has 0 aliphatic heterocycles. The lowest BCUT2D eigenvalue weighted by Gasteiger charge is -2.29. The van der Waals surface area contributed by atoms with Crippen LogP contribution in [-0.2, 0) is 9.15 Å². The largest absolute Gasteiger partial charge is 0.348 e. The van der Waals surface area contributed by atoms with Crippen molar-refractivity contribution >= 4 is 8.60 Å². The van der Waals surface area contributed by atoms with Crippen LogP contribution in [0.1, 0.15) is 34.1 Å². The lowest BCUT2D eigenvalue weighted by molar-refractivity contribution is -0.121. The molecule has 1 unspecified atom stereocenters. The standard InChI is InChI=1S/C9H19N2O3P/c1-8(2)11(9(3)4)14-15(12)13-7-5-6-10/h8-9,12H,5,7H2,1-4H3. The molecule has 0 aromatic heterocycles. The summed E-state index contributed by atoms with van der Waals surface area (Å²) in [4.78, 5) is 9.41. The molecule has 0 amide bonds. The van der Waals surface area contributed by atoms with Gasteiger partial charge in [0, 0.05) is 12.1 Å². The Morgan fingerprint density at radius 3 is 2.27 bits per heavy atom. The maximum atomic E-state index is 9.41. The molecule has 0 saturated carbocycles. The molecule has 1 N–H and O–H groups in total. The van der Waals surface area contributed by atoms with E-state index in [-0.39, 0.29) is 25.1 Å². The van der Waals surface area contributed by atoms with E-state index >= 15 is 0 Å². The van der Waals surface area contributed by atoms with Crippen LogP contribution in [0, 0.1) is 11.3 Å².